The average Bonchev–Trinajstić information content (AvgIpc) is 2.37. The first-order valence-corrected chi connectivity index (χ1v) is 8.22. The Morgan fingerprint density at radius 3 is 2.42 bits per heavy atom. The lowest BCUT2D eigenvalue weighted by atomic mass is 9.90. The number of carboxylic acids is 1. The van der Waals surface area contributed by atoms with E-state index in [1.807, 2.05) is 20.8 Å². The van der Waals surface area contributed by atoms with Gasteiger partial charge in [-0.05, 0) is 44.9 Å². The summed E-state index contributed by atoms with van der Waals surface area (Å²) in [6.07, 6.45) is 2.69. The highest BCUT2D eigenvalue weighted by Crippen LogP contribution is 2.22. The molecule has 3 atom stereocenters. The molecular weight excluding hydrogens is 262 g/mol. The van der Waals surface area contributed by atoms with Crippen molar-refractivity contribution in [2.24, 2.45) is 0 Å². The Morgan fingerprint density at radius 1 is 1.37 bits per heavy atom. The number of carbonyl (C=O) groups is 1. The van der Waals surface area contributed by atoms with Crippen LogP contribution in [0.1, 0.15) is 53.4 Å². The third kappa shape index (κ3) is 6.63. The van der Waals surface area contributed by atoms with Gasteiger partial charge in [-0.1, -0.05) is 20.8 Å². The summed E-state index contributed by atoms with van der Waals surface area (Å²) in [6.45, 7) is 8.47. The molecule has 4 nitrogen and oxygen atoms in total. The van der Waals surface area contributed by atoms with Crippen molar-refractivity contribution in [3.05, 3.63) is 0 Å². The third-order valence-electron chi connectivity index (χ3n) is 3.53. The first-order valence-electron chi connectivity index (χ1n) is 7.17. The predicted molar refractivity (Wildman–Crippen MR) is 81.8 cm³/mol. The first kappa shape index (κ1) is 18.7. The van der Waals surface area contributed by atoms with E-state index < -0.39 is 11.5 Å². The van der Waals surface area contributed by atoms with Crippen LogP contribution >= 0.6 is 11.8 Å². The summed E-state index contributed by atoms with van der Waals surface area (Å²) in [6, 6.07) is 0. The number of aliphatic hydroxyl groups excluding tert-OH is 1. The Balaban J connectivity index is 4.23. The molecule has 3 N–H and O–H groups in total. The van der Waals surface area contributed by atoms with Gasteiger partial charge in [0.15, 0.2) is 0 Å². The van der Waals surface area contributed by atoms with Crippen molar-refractivity contribution in [3.63, 3.8) is 0 Å². The summed E-state index contributed by atoms with van der Waals surface area (Å²) >= 11 is 1.70. The van der Waals surface area contributed by atoms with Crippen LogP contribution in [0.5, 0.6) is 0 Å². The van der Waals surface area contributed by atoms with Crippen molar-refractivity contribution in [1.82, 2.24) is 5.32 Å². The molecule has 0 rings (SSSR count). The van der Waals surface area contributed by atoms with Crippen LogP contribution < -0.4 is 5.32 Å². The molecule has 0 aromatic carbocycles. The highest BCUT2D eigenvalue weighted by Gasteiger charge is 2.35. The summed E-state index contributed by atoms with van der Waals surface area (Å²) in [4.78, 5) is 11.5. The van der Waals surface area contributed by atoms with E-state index in [-0.39, 0.29) is 11.4 Å². The minimum atomic E-state index is -0.787. The molecule has 5 heteroatoms. The molecule has 0 aliphatic heterocycles. The summed E-state index contributed by atoms with van der Waals surface area (Å²) in [5.41, 5.74) is -0.787. The number of aliphatic hydroxyl groups is 1. The standard InChI is InChI=1S/C14H29NO3S/c1-5-9-15-14(6-2,13(17)18)8-7-10-19-12(4)11(3)16/h11-12,15-16H,5-10H2,1-4H3,(H,17,18). The van der Waals surface area contributed by atoms with E-state index in [0.717, 1.165) is 25.1 Å². The van der Waals surface area contributed by atoms with Gasteiger partial charge in [0.2, 0.25) is 0 Å². The first-order chi connectivity index (χ1) is 8.89. The highest BCUT2D eigenvalue weighted by molar-refractivity contribution is 7.99. The topological polar surface area (TPSA) is 69.6 Å². The summed E-state index contributed by atoms with van der Waals surface area (Å²) in [5.74, 6) is 0.131. The Morgan fingerprint density at radius 2 is 2.00 bits per heavy atom. The van der Waals surface area contributed by atoms with E-state index in [2.05, 4.69) is 5.32 Å². The average molecular weight is 291 g/mol. The molecule has 0 spiro atoms. The number of rotatable bonds is 11. The summed E-state index contributed by atoms with van der Waals surface area (Å²) < 4.78 is 0. The maximum Gasteiger partial charge on any atom is 0.323 e. The van der Waals surface area contributed by atoms with Gasteiger partial charge in [0.05, 0.1) is 6.10 Å². The molecular formula is C14H29NO3S. The Labute approximate surface area is 121 Å². The van der Waals surface area contributed by atoms with Crippen LogP contribution in [0.15, 0.2) is 0 Å². The van der Waals surface area contributed by atoms with Crippen molar-refractivity contribution in [2.75, 3.05) is 12.3 Å². The maximum atomic E-state index is 11.5. The molecule has 114 valence electrons. The molecule has 0 bridgehead atoms. The second-order valence-electron chi connectivity index (χ2n) is 5.09. The van der Waals surface area contributed by atoms with E-state index in [1.54, 1.807) is 18.7 Å². The number of hydrogen-bond acceptors (Lipinski definition) is 4. The maximum absolute atomic E-state index is 11.5. The van der Waals surface area contributed by atoms with Gasteiger partial charge in [-0.3, -0.25) is 4.79 Å². The number of aliphatic carboxylic acids is 1. The van der Waals surface area contributed by atoms with E-state index in [9.17, 15) is 15.0 Å². The Kier molecular flexibility index (Phi) is 9.48. The molecule has 0 saturated heterocycles. The van der Waals surface area contributed by atoms with Crippen LogP contribution in [-0.2, 0) is 4.79 Å². The van der Waals surface area contributed by atoms with Gasteiger partial charge in [0.25, 0.3) is 0 Å². The fourth-order valence-corrected chi connectivity index (χ4v) is 2.83. The number of nitrogens with one attached hydrogen (secondary N) is 1. The highest BCUT2D eigenvalue weighted by atomic mass is 32.2. The Bertz CT molecular complexity index is 261. The van der Waals surface area contributed by atoms with Crippen molar-refractivity contribution < 1.29 is 15.0 Å². The van der Waals surface area contributed by atoms with Crippen LogP contribution in [0.3, 0.4) is 0 Å². The van der Waals surface area contributed by atoms with Crippen LogP contribution in [0.25, 0.3) is 0 Å². The van der Waals surface area contributed by atoms with Crippen LogP contribution in [0.4, 0.5) is 0 Å². The van der Waals surface area contributed by atoms with Gasteiger partial charge < -0.3 is 15.5 Å². The summed E-state index contributed by atoms with van der Waals surface area (Å²) in [5, 5.41) is 22.2. The fraction of sp³-hybridized carbons (Fsp3) is 0.929. The zero-order valence-corrected chi connectivity index (χ0v) is 13.4. The van der Waals surface area contributed by atoms with Gasteiger partial charge in [-0.25, -0.2) is 0 Å². The zero-order valence-electron chi connectivity index (χ0n) is 12.6. The van der Waals surface area contributed by atoms with Gasteiger partial charge in [-0.15, -0.1) is 0 Å². The molecule has 0 aromatic heterocycles. The van der Waals surface area contributed by atoms with Crippen LogP contribution in [0, 0.1) is 0 Å². The molecule has 0 fully saturated rings. The smallest absolute Gasteiger partial charge is 0.323 e. The molecule has 0 amide bonds. The molecule has 0 aliphatic rings. The summed E-state index contributed by atoms with van der Waals surface area (Å²) in [7, 11) is 0. The Hall–Kier alpha value is -0.260. The van der Waals surface area contributed by atoms with Crippen molar-refractivity contribution in [1.29, 1.82) is 0 Å². The fourth-order valence-electron chi connectivity index (χ4n) is 1.87. The van der Waals surface area contributed by atoms with E-state index in [1.165, 1.54) is 0 Å². The quantitative estimate of drug-likeness (QED) is 0.510. The lowest BCUT2D eigenvalue weighted by Crippen LogP contribution is -2.52. The number of thioether (sulfide) groups is 1. The van der Waals surface area contributed by atoms with E-state index >= 15 is 0 Å². The predicted octanol–water partition coefficient (Wildman–Crippen LogP) is 2.50. The second-order valence-corrected chi connectivity index (χ2v) is 6.57. The van der Waals surface area contributed by atoms with Gasteiger partial charge in [0.1, 0.15) is 5.54 Å². The van der Waals surface area contributed by atoms with Crippen molar-refractivity contribution in [2.45, 2.75) is 70.3 Å². The van der Waals surface area contributed by atoms with Crippen molar-refractivity contribution >= 4 is 17.7 Å². The van der Waals surface area contributed by atoms with Crippen molar-refractivity contribution in [3.8, 4) is 0 Å². The number of hydrogen-bond donors (Lipinski definition) is 3. The largest absolute Gasteiger partial charge is 0.480 e. The van der Waals surface area contributed by atoms with Gasteiger partial charge >= 0.3 is 5.97 Å². The molecule has 19 heavy (non-hydrogen) atoms. The minimum absolute atomic E-state index is 0.199. The van der Waals surface area contributed by atoms with Crippen LogP contribution in [-0.4, -0.2) is 45.4 Å². The zero-order chi connectivity index (χ0) is 14.9. The minimum Gasteiger partial charge on any atom is -0.480 e. The lowest BCUT2D eigenvalue weighted by Gasteiger charge is -2.29. The second kappa shape index (κ2) is 9.61. The monoisotopic (exact) mass is 291 g/mol. The molecule has 0 aliphatic carbocycles. The molecule has 0 saturated carbocycles. The van der Waals surface area contributed by atoms with E-state index in [0.29, 0.717) is 12.8 Å². The van der Waals surface area contributed by atoms with E-state index in [4.69, 9.17) is 0 Å². The SMILES string of the molecule is CCCNC(CC)(CCCSC(C)C(C)O)C(=O)O. The third-order valence-corrected chi connectivity index (χ3v) is 4.98. The lowest BCUT2D eigenvalue weighted by molar-refractivity contribution is -0.145. The molecule has 0 aromatic rings. The molecule has 0 radical (unpaired) electrons. The van der Waals surface area contributed by atoms with Crippen LogP contribution in [0.2, 0.25) is 0 Å². The normalized spacial score (nSPS) is 17.7. The number of carboxylic acid groups (broad SMARTS) is 1. The molecule has 3 unspecified atom stereocenters. The van der Waals surface area contributed by atoms with Gasteiger partial charge in [0, 0.05) is 5.25 Å². The van der Waals surface area contributed by atoms with Gasteiger partial charge in [-0.2, -0.15) is 11.8 Å². The molecule has 0 heterocycles.